The molecule has 1 aromatic heterocycles. The van der Waals surface area contributed by atoms with Gasteiger partial charge in [0.2, 0.25) is 5.88 Å². The molecule has 1 aromatic carbocycles. The Morgan fingerprint density at radius 2 is 1.82 bits per heavy atom. The van der Waals surface area contributed by atoms with Crippen LogP contribution in [0.4, 0.5) is 4.39 Å². The number of hydrogen-bond acceptors (Lipinski definition) is 3. The van der Waals surface area contributed by atoms with Gasteiger partial charge in [-0.15, -0.1) is 0 Å². The highest BCUT2D eigenvalue weighted by Crippen LogP contribution is 2.41. The van der Waals surface area contributed by atoms with Gasteiger partial charge in [0.25, 0.3) is 0 Å². The fourth-order valence-electron chi connectivity index (χ4n) is 1.46. The fourth-order valence-corrected chi connectivity index (χ4v) is 1.99. The lowest BCUT2D eigenvalue weighted by Gasteiger charge is -2.09. The third-order valence-corrected chi connectivity index (χ3v) is 2.74. The number of halogens is 3. The SMILES string of the molecule is Oc1cc(O)c(-c2c(F)cccc2Cl)c(Cl)n1. The second-order valence-electron chi connectivity index (χ2n) is 3.26. The lowest BCUT2D eigenvalue weighted by molar-refractivity contribution is 0.436. The van der Waals surface area contributed by atoms with Gasteiger partial charge in [-0.3, -0.25) is 0 Å². The highest BCUT2D eigenvalue weighted by Gasteiger charge is 2.18. The molecule has 2 rings (SSSR count). The zero-order valence-electron chi connectivity index (χ0n) is 8.28. The summed E-state index contributed by atoms with van der Waals surface area (Å²) >= 11 is 11.6. The summed E-state index contributed by atoms with van der Waals surface area (Å²) in [5.41, 5.74) is -0.100. The molecule has 0 bridgehead atoms. The van der Waals surface area contributed by atoms with Gasteiger partial charge in [0.05, 0.1) is 10.6 Å². The fraction of sp³-hybridized carbons (Fsp3) is 0. The van der Waals surface area contributed by atoms with Crippen LogP contribution in [0.1, 0.15) is 0 Å². The predicted octanol–water partition coefficient (Wildman–Crippen LogP) is 3.61. The average molecular weight is 274 g/mol. The molecule has 0 amide bonds. The first kappa shape index (κ1) is 12.0. The van der Waals surface area contributed by atoms with E-state index in [2.05, 4.69) is 4.98 Å². The van der Waals surface area contributed by atoms with Crippen LogP contribution in [0, 0.1) is 5.82 Å². The second-order valence-corrected chi connectivity index (χ2v) is 4.03. The van der Waals surface area contributed by atoms with Crippen LogP contribution in [0.15, 0.2) is 24.3 Å². The van der Waals surface area contributed by atoms with E-state index in [1.807, 2.05) is 0 Å². The molecule has 0 radical (unpaired) electrons. The Bertz CT molecular complexity index is 546. The zero-order chi connectivity index (χ0) is 12.6. The van der Waals surface area contributed by atoms with Gasteiger partial charge in [0.15, 0.2) is 0 Å². The molecule has 0 atom stereocenters. The maximum Gasteiger partial charge on any atom is 0.215 e. The van der Waals surface area contributed by atoms with Crippen LogP contribution in [-0.4, -0.2) is 15.2 Å². The van der Waals surface area contributed by atoms with Crippen molar-refractivity contribution < 1.29 is 14.6 Å². The standard InChI is InChI=1S/C11H6Cl2FNO2/c12-5-2-1-3-6(14)9(5)10-7(16)4-8(17)15-11(10)13/h1-4H,(H2,15,16,17). The van der Waals surface area contributed by atoms with Gasteiger partial charge in [0, 0.05) is 11.6 Å². The molecule has 3 nitrogen and oxygen atoms in total. The Morgan fingerprint density at radius 1 is 1.12 bits per heavy atom. The zero-order valence-corrected chi connectivity index (χ0v) is 9.80. The smallest absolute Gasteiger partial charge is 0.215 e. The molecular weight excluding hydrogens is 268 g/mol. The predicted molar refractivity (Wildman–Crippen MR) is 63.0 cm³/mol. The maximum absolute atomic E-state index is 13.7. The van der Waals surface area contributed by atoms with Crippen LogP contribution in [0.2, 0.25) is 10.2 Å². The molecule has 0 aliphatic heterocycles. The Labute approximate surface area is 106 Å². The van der Waals surface area contributed by atoms with Gasteiger partial charge in [-0.2, -0.15) is 0 Å². The Kier molecular flexibility index (Phi) is 3.09. The second kappa shape index (κ2) is 4.39. The highest BCUT2D eigenvalue weighted by atomic mass is 35.5. The molecule has 0 unspecified atom stereocenters. The number of aromatic hydroxyl groups is 2. The first-order chi connectivity index (χ1) is 8.00. The lowest BCUT2D eigenvalue weighted by atomic mass is 10.1. The van der Waals surface area contributed by atoms with E-state index in [4.69, 9.17) is 28.3 Å². The molecule has 0 fully saturated rings. The van der Waals surface area contributed by atoms with Crippen molar-refractivity contribution in [3.8, 4) is 22.8 Å². The maximum atomic E-state index is 13.7. The summed E-state index contributed by atoms with van der Waals surface area (Å²) in [5, 5.41) is 18.7. The molecule has 0 aliphatic rings. The Hall–Kier alpha value is -1.52. The van der Waals surface area contributed by atoms with Gasteiger partial charge >= 0.3 is 0 Å². The molecule has 17 heavy (non-hydrogen) atoms. The van der Waals surface area contributed by atoms with Gasteiger partial charge < -0.3 is 10.2 Å². The summed E-state index contributed by atoms with van der Waals surface area (Å²) in [7, 11) is 0. The molecule has 0 aliphatic carbocycles. The summed E-state index contributed by atoms with van der Waals surface area (Å²) < 4.78 is 13.7. The van der Waals surface area contributed by atoms with Crippen LogP contribution in [0.25, 0.3) is 11.1 Å². The van der Waals surface area contributed by atoms with E-state index in [9.17, 15) is 9.50 Å². The minimum Gasteiger partial charge on any atom is -0.507 e. The first-order valence-electron chi connectivity index (χ1n) is 4.53. The minimum atomic E-state index is -0.637. The van der Waals surface area contributed by atoms with Gasteiger partial charge in [-0.25, -0.2) is 9.37 Å². The van der Waals surface area contributed by atoms with Crippen molar-refractivity contribution in [3.63, 3.8) is 0 Å². The van der Waals surface area contributed by atoms with Crippen LogP contribution < -0.4 is 0 Å². The number of nitrogens with zero attached hydrogens (tertiary/aromatic N) is 1. The van der Waals surface area contributed by atoms with Gasteiger partial charge in [0.1, 0.15) is 16.7 Å². The summed E-state index contributed by atoms with van der Waals surface area (Å²) in [6.07, 6.45) is 0. The van der Waals surface area contributed by atoms with Gasteiger partial charge in [-0.05, 0) is 12.1 Å². The molecule has 2 aromatic rings. The molecule has 6 heteroatoms. The number of aromatic nitrogens is 1. The number of pyridine rings is 1. The quantitative estimate of drug-likeness (QED) is 0.781. The van der Waals surface area contributed by atoms with Crippen molar-refractivity contribution in [2.24, 2.45) is 0 Å². The van der Waals surface area contributed by atoms with Crippen molar-refractivity contribution in [1.29, 1.82) is 0 Å². The first-order valence-corrected chi connectivity index (χ1v) is 5.29. The lowest BCUT2D eigenvalue weighted by Crippen LogP contribution is -1.90. The van der Waals surface area contributed by atoms with E-state index in [0.29, 0.717) is 0 Å². The van der Waals surface area contributed by atoms with Crippen LogP contribution in [0.5, 0.6) is 11.6 Å². The van der Waals surface area contributed by atoms with E-state index >= 15 is 0 Å². The summed E-state index contributed by atoms with van der Waals surface area (Å²) in [4.78, 5) is 3.53. The number of rotatable bonds is 1. The Morgan fingerprint density at radius 3 is 2.41 bits per heavy atom. The molecule has 2 N–H and O–H groups in total. The molecule has 0 spiro atoms. The third-order valence-electron chi connectivity index (χ3n) is 2.15. The Balaban J connectivity index is 2.77. The molecule has 88 valence electrons. The van der Waals surface area contributed by atoms with Crippen molar-refractivity contribution in [3.05, 3.63) is 40.3 Å². The van der Waals surface area contributed by atoms with Crippen molar-refractivity contribution in [1.82, 2.24) is 4.98 Å². The summed E-state index contributed by atoms with van der Waals surface area (Å²) in [6, 6.07) is 5.04. The van der Waals surface area contributed by atoms with Crippen molar-refractivity contribution >= 4 is 23.2 Å². The topological polar surface area (TPSA) is 53.4 Å². The molecule has 0 saturated carbocycles. The van der Waals surface area contributed by atoms with E-state index in [-0.39, 0.29) is 21.3 Å². The van der Waals surface area contributed by atoms with Gasteiger partial charge in [-0.1, -0.05) is 29.3 Å². The van der Waals surface area contributed by atoms with E-state index < -0.39 is 17.4 Å². The molecular formula is C11H6Cl2FNO2. The van der Waals surface area contributed by atoms with E-state index in [0.717, 1.165) is 6.07 Å². The van der Waals surface area contributed by atoms with Crippen LogP contribution in [-0.2, 0) is 0 Å². The monoisotopic (exact) mass is 273 g/mol. The highest BCUT2D eigenvalue weighted by molar-refractivity contribution is 6.36. The van der Waals surface area contributed by atoms with E-state index in [1.54, 1.807) is 0 Å². The molecule has 0 saturated heterocycles. The third kappa shape index (κ3) is 2.14. The summed E-state index contributed by atoms with van der Waals surface area (Å²) in [5.74, 6) is -1.49. The van der Waals surface area contributed by atoms with Crippen molar-refractivity contribution in [2.75, 3.05) is 0 Å². The normalized spacial score (nSPS) is 10.5. The molecule has 1 heterocycles. The van der Waals surface area contributed by atoms with Crippen LogP contribution in [0.3, 0.4) is 0 Å². The minimum absolute atomic E-state index is 0.0485. The van der Waals surface area contributed by atoms with Crippen molar-refractivity contribution in [2.45, 2.75) is 0 Å². The van der Waals surface area contributed by atoms with E-state index in [1.165, 1.54) is 18.2 Å². The largest absolute Gasteiger partial charge is 0.507 e. The van der Waals surface area contributed by atoms with Crippen LogP contribution >= 0.6 is 23.2 Å². The number of benzene rings is 1. The number of hydrogen-bond donors (Lipinski definition) is 2. The average Bonchev–Trinajstić information content (AvgIpc) is 2.21. The summed E-state index contributed by atoms with van der Waals surface area (Å²) in [6.45, 7) is 0.